The zero-order chi connectivity index (χ0) is 33.6. The molecule has 2 fully saturated rings. The Balaban J connectivity index is 1.04. The van der Waals surface area contributed by atoms with Gasteiger partial charge in [0.1, 0.15) is 23.2 Å². The molecule has 2 amide bonds. The van der Waals surface area contributed by atoms with E-state index in [0.29, 0.717) is 36.4 Å². The summed E-state index contributed by atoms with van der Waals surface area (Å²) in [6.45, 7) is 9.57. The lowest BCUT2D eigenvalue weighted by Crippen LogP contribution is -2.54. The topological polar surface area (TPSA) is 108 Å². The van der Waals surface area contributed by atoms with Crippen molar-refractivity contribution in [3.8, 4) is 22.8 Å². The first-order chi connectivity index (χ1) is 23.2. The van der Waals surface area contributed by atoms with Crippen LogP contribution in [-0.2, 0) is 11.2 Å². The fourth-order valence-electron chi connectivity index (χ4n) is 6.87. The van der Waals surface area contributed by atoms with Crippen molar-refractivity contribution in [1.29, 1.82) is 0 Å². The van der Waals surface area contributed by atoms with Gasteiger partial charge in [0.05, 0.1) is 11.2 Å². The maximum atomic E-state index is 14.3. The van der Waals surface area contributed by atoms with Crippen LogP contribution in [0.1, 0.15) is 62.4 Å². The molecule has 0 spiro atoms. The van der Waals surface area contributed by atoms with Crippen LogP contribution in [0.25, 0.3) is 11.1 Å². The minimum absolute atomic E-state index is 0.0358. The summed E-state index contributed by atoms with van der Waals surface area (Å²) in [6, 6.07) is 18.0. The predicted octanol–water partition coefficient (Wildman–Crippen LogP) is 5.60. The lowest BCUT2D eigenvalue weighted by Gasteiger charge is -2.36. The van der Waals surface area contributed by atoms with E-state index in [-0.39, 0.29) is 35.5 Å². The number of carbonyl (C=O) groups excluding carboxylic acids is 2. The van der Waals surface area contributed by atoms with E-state index in [0.717, 1.165) is 67.3 Å². The highest BCUT2D eigenvalue weighted by atomic mass is 32.2. The van der Waals surface area contributed by atoms with Crippen molar-refractivity contribution in [2.75, 3.05) is 25.4 Å². The molecule has 0 bridgehead atoms. The summed E-state index contributed by atoms with van der Waals surface area (Å²) in [7, 11) is 0. The molecule has 3 atom stereocenters. The van der Waals surface area contributed by atoms with Crippen LogP contribution in [0.4, 0.5) is 4.39 Å². The lowest BCUT2D eigenvalue weighted by molar-refractivity contribution is -0.122. The standard InChI is InChI=1S/C37H45FN6O3S/c1-23-20-44(21-24(2)40-23)16-15-26-7-9-27(10-8-26)28-5-4-6-32(17-28)47-37-33(18-29(38)19-39-37)35(45)42-30-11-13-31(14-12-30)43-36(46)34-22-48-25(3)41-34/h4-10,17-19,23-24,30-31,34,40H,11-16,20-22H2,1-3H3,(H,42,45)(H,43,46)/t23-,24+,30?,31?,34?. The van der Waals surface area contributed by atoms with Crippen molar-refractivity contribution in [3.63, 3.8) is 0 Å². The number of thioether (sulfide) groups is 1. The number of pyridine rings is 1. The van der Waals surface area contributed by atoms with Gasteiger partial charge in [0.25, 0.3) is 5.91 Å². The third-order valence-corrected chi connectivity index (χ3v) is 10.3. The first kappa shape index (κ1) is 34.1. The number of hydrogen-bond acceptors (Lipinski definition) is 8. The molecule has 3 heterocycles. The number of halogens is 1. The number of ether oxygens (including phenoxy) is 1. The molecule has 11 heteroatoms. The van der Waals surface area contributed by atoms with Crippen LogP contribution >= 0.6 is 11.8 Å². The predicted molar refractivity (Wildman–Crippen MR) is 189 cm³/mol. The zero-order valence-electron chi connectivity index (χ0n) is 27.9. The summed E-state index contributed by atoms with van der Waals surface area (Å²) < 4.78 is 20.4. The molecule has 254 valence electrons. The van der Waals surface area contributed by atoms with Crippen molar-refractivity contribution < 1.29 is 18.7 Å². The molecule has 3 aliphatic rings. The molecule has 3 aromatic rings. The van der Waals surface area contributed by atoms with Gasteiger partial charge in [0.15, 0.2) is 0 Å². The molecule has 6 rings (SSSR count). The van der Waals surface area contributed by atoms with E-state index in [2.05, 4.69) is 68.9 Å². The largest absolute Gasteiger partial charge is 0.438 e. The number of aromatic nitrogens is 1. The Labute approximate surface area is 286 Å². The highest BCUT2D eigenvalue weighted by Crippen LogP contribution is 2.29. The number of rotatable bonds is 10. The van der Waals surface area contributed by atoms with Crippen LogP contribution in [-0.4, -0.2) is 82.3 Å². The minimum atomic E-state index is -0.614. The van der Waals surface area contributed by atoms with Gasteiger partial charge in [-0.15, -0.1) is 11.8 Å². The third kappa shape index (κ3) is 9.00. The summed E-state index contributed by atoms with van der Waals surface area (Å²) in [5.41, 5.74) is 3.35. The number of piperazine rings is 1. The van der Waals surface area contributed by atoms with Gasteiger partial charge in [0.2, 0.25) is 11.8 Å². The zero-order valence-corrected chi connectivity index (χ0v) is 28.7. The SMILES string of the molecule is CC1=NC(C(=O)NC2CCC(NC(=O)c3cc(F)cnc3Oc3cccc(-c4ccc(CCN5C[C@@H](C)N[C@@H](C)C5)cc4)c3)CC2)CS1. The molecular formula is C37H45FN6O3S. The van der Waals surface area contributed by atoms with Gasteiger partial charge in [-0.25, -0.2) is 9.37 Å². The van der Waals surface area contributed by atoms with Crippen LogP contribution in [0.5, 0.6) is 11.6 Å². The number of hydrogen-bond donors (Lipinski definition) is 3. The van der Waals surface area contributed by atoms with Crippen LogP contribution in [0, 0.1) is 5.82 Å². The van der Waals surface area contributed by atoms with Gasteiger partial charge in [-0.3, -0.25) is 19.5 Å². The lowest BCUT2D eigenvalue weighted by atomic mass is 9.90. The average molecular weight is 673 g/mol. The van der Waals surface area contributed by atoms with Crippen LogP contribution in [0.15, 0.2) is 65.8 Å². The second kappa shape index (κ2) is 15.6. The number of nitrogens with zero attached hydrogens (tertiary/aromatic N) is 3. The van der Waals surface area contributed by atoms with Crippen LogP contribution in [0.2, 0.25) is 0 Å². The Morgan fingerprint density at radius 2 is 1.69 bits per heavy atom. The van der Waals surface area contributed by atoms with Crippen LogP contribution in [0.3, 0.4) is 0 Å². The summed E-state index contributed by atoms with van der Waals surface area (Å²) in [5.74, 6) is 0.146. The molecular weight excluding hydrogens is 628 g/mol. The number of amides is 2. The van der Waals surface area contributed by atoms with Crippen molar-refractivity contribution in [1.82, 2.24) is 25.8 Å². The van der Waals surface area contributed by atoms with E-state index in [9.17, 15) is 14.0 Å². The molecule has 1 saturated heterocycles. The molecule has 2 aliphatic heterocycles. The molecule has 2 aromatic carbocycles. The Kier molecular flexibility index (Phi) is 11.1. The van der Waals surface area contributed by atoms with Crippen molar-refractivity contribution >= 4 is 28.6 Å². The van der Waals surface area contributed by atoms with Gasteiger partial charge in [-0.05, 0) is 87.8 Å². The molecule has 1 aromatic heterocycles. The highest BCUT2D eigenvalue weighted by Gasteiger charge is 2.29. The third-order valence-electron chi connectivity index (χ3n) is 9.25. The second-order valence-corrected chi connectivity index (χ2v) is 14.5. The Bertz CT molecular complexity index is 1620. The number of carbonyl (C=O) groups is 2. The normalized spacial score (nSPS) is 24.5. The maximum absolute atomic E-state index is 14.3. The summed E-state index contributed by atoms with van der Waals surface area (Å²) in [6.07, 6.45) is 4.94. The Morgan fingerprint density at radius 3 is 2.38 bits per heavy atom. The van der Waals surface area contributed by atoms with Crippen molar-refractivity contribution in [2.45, 2.75) is 83.1 Å². The quantitative estimate of drug-likeness (QED) is 0.258. The van der Waals surface area contributed by atoms with E-state index in [1.54, 1.807) is 17.8 Å². The van der Waals surface area contributed by atoms with E-state index < -0.39 is 11.7 Å². The molecule has 1 saturated carbocycles. The van der Waals surface area contributed by atoms with Gasteiger partial charge in [0, 0.05) is 49.6 Å². The number of benzene rings is 2. The van der Waals surface area contributed by atoms with Gasteiger partial charge >= 0.3 is 0 Å². The first-order valence-electron chi connectivity index (χ1n) is 17.0. The van der Waals surface area contributed by atoms with E-state index in [1.807, 2.05) is 25.1 Å². The van der Waals surface area contributed by atoms with Crippen molar-refractivity contribution in [3.05, 3.63) is 77.7 Å². The summed E-state index contributed by atoms with van der Waals surface area (Å²) in [5, 5.41) is 10.7. The molecule has 0 radical (unpaired) electrons. The highest BCUT2D eigenvalue weighted by molar-refractivity contribution is 8.14. The Morgan fingerprint density at radius 1 is 0.979 bits per heavy atom. The second-order valence-electron chi connectivity index (χ2n) is 13.3. The van der Waals surface area contributed by atoms with Crippen LogP contribution < -0.4 is 20.7 Å². The molecule has 48 heavy (non-hydrogen) atoms. The van der Waals surface area contributed by atoms with Gasteiger partial charge < -0.3 is 20.7 Å². The number of aliphatic imine (C=N–C) groups is 1. The van der Waals surface area contributed by atoms with Gasteiger partial charge in [-0.1, -0.05) is 36.4 Å². The Hall–Kier alpha value is -3.80. The molecule has 9 nitrogen and oxygen atoms in total. The van der Waals surface area contributed by atoms with E-state index in [4.69, 9.17) is 4.74 Å². The first-order valence-corrected chi connectivity index (χ1v) is 18.0. The average Bonchev–Trinajstić information content (AvgIpc) is 3.52. The molecule has 3 N–H and O–H groups in total. The summed E-state index contributed by atoms with van der Waals surface area (Å²) in [4.78, 5) is 37.0. The van der Waals surface area contributed by atoms with Gasteiger partial charge in [-0.2, -0.15) is 0 Å². The fourth-order valence-corrected chi connectivity index (χ4v) is 7.69. The molecule has 1 unspecified atom stereocenters. The minimum Gasteiger partial charge on any atom is -0.438 e. The molecule has 1 aliphatic carbocycles. The number of nitrogens with one attached hydrogen (secondary N) is 3. The summed E-state index contributed by atoms with van der Waals surface area (Å²) >= 11 is 1.61. The smallest absolute Gasteiger partial charge is 0.257 e. The van der Waals surface area contributed by atoms with E-state index >= 15 is 0 Å². The van der Waals surface area contributed by atoms with E-state index in [1.165, 1.54) is 5.56 Å². The van der Waals surface area contributed by atoms with Crippen molar-refractivity contribution in [2.24, 2.45) is 4.99 Å². The monoisotopic (exact) mass is 672 g/mol. The fraction of sp³-hybridized carbons (Fsp3) is 0.459. The maximum Gasteiger partial charge on any atom is 0.257 e.